The Labute approximate surface area is 174 Å². The maximum absolute atomic E-state index is 14.4. The highest BCUT2D eigenvalue weighted by atomic mass is 19.3. The molecule has 0 bridgehead atoms. The van der Waals surface area contributed by atoms with Crippen molar-refractivity contribution in [1.82, 2.24) is 9.80 Å². The largest absolute Gasteiger partial charge is 0.497 e. The molecule has 2 fully saturated rings. The van der Waals surface area contributed by atoms with Crippen LogP contribution in [0.2, 0.25) is 0 Å². The molecule has 3 rings (SSSR count). The summed E-state index contributed by atoms with van der Waals surface area (Å²) in [5, 5.41) is 9.20. The molecule has 166 valence electrons. The van der Waals surface area contributed by atoms with E-state index < -0.39 is 41.9 Å². The Morgan fingerprint density at radius 3 is 2.53 bits per heavy atom. The van der Waals surface area contributed by atoms with Crippen molar-refractivity contribution in [2.75, 3.05) is 33.3 Å². The summed E-state index contributed by atoms with van der Waals surface area (Å²) in [4.78, 5) is 26.6. The first-order chi connectivity index (χ1) is 14.0. The minimum atomic E-state index is -3.07. The zero-order valence-corrected chi connectivity index (χ0v) is 17.4. The molecule has 2 atom stereocenters. The molecule has 7 nitrogen and oxygen atoms in total. The van der Waals surface area contributed by atoms with Gasteiger partial charge in [-0.3, -0.25) is 9.69 Å². The lowest BCUT2D eigenvalue weighted by molar-refractivity contribution is -0.157. The third-order valence-corrected chi connectivity index (χ3v) is 5.93. The topological polar surface area (TPSA) is 79.3 Å². The Hall–Kier alpha value is -2.42. The lowest BCUT2D eigenvalue weighted by atomic mass is 9.87. The lowest BCUT2D eigenvalue weighted by Crippen LogP contribution is -2.52. The standard InChI is InChI=1S/C21H28F2N2O5/c1-20(2,18(26)30-11-14-4-6-15(29-3)7-5-14)12-24-9-8-17-16(10-24)21(22,23)13-25(17)19(27)28/h4-7,16-17H,8-13H2,1-3H3,(H,27,28). The van der Waals surface area contributed by atoms with Gasteiger partial charge in [-0.25, -0.2) is 13.6 Å². The van der Waals surface area contributed by atoms with Crippen LogP contribution < -0.4 is 4.74 Å². The molecular weight excluding hydrogens is 398 g/mol. The van der Waals surface area contributed by atoms with Gasteiger partial charge in [0, 0.05) is 25.7 Å². The van der Waals surface area contributed by atoms with Crippen LogP contribution in [0.3, 0.4) is 0 Å². The minimum absolute atomic E-state index is 0.0522. The second-order valence-electron chi connectivity index (χ2n) is 8.68. The maximum atomic E-state index is 14.4. The van der Waals surface area contributed by atoms with E-state index in [1.165, 1.54) is 0 Å². The predicted molar refractivity (Wildman–Crippen MR) is 105 cm³/mol. The second-order valence-corrected chi connectivity index (χ2v) is 8.68. The maximum Gasteiger partial charge on any atom is 0.407 e. The predicted octanol–water partition coefficient (Wildman–Crippen LogP) is 3.08. The number of esters is 1. The number of hydrogen-bond acceptors (Lipinski definition) is 5. The number of hydrogen-bond donors (Lipinski definition) is 1. The van der Waals surface area contributed by atoms with Gasteiger partial charge in [0.15, 0.2) is 0 Å². The van der Waals surface area contributed by atoms with Gasteiger partial charge in [-0.15, -0.1) is 0 Å². The summed E-state index contributed by atoms with van der Waals surface area (Å²) in [7, 11) is 1.57. The lowest BCUT2D eigenvalue weighted by Gasteiger charge is -2.40. The molecule has 2 aliphatic rings. The summed E-state index contributed by atoms with van der Waals surface area (Å²) < 4.78 is 39.3. The molecule has 2 saturated heterocycles. The van der Waals surface area contributed by atoms with Crippen LogP contribution >= 0.6 is 0 Å². The molecule has 0 radical (unpaired) electrons. The van der Waals surface area contributed by atoms with E-state index in [9.17, 15) is 23.5 Å². The monoisotopic (exact) mass is 426 g/mol. The van der Waals surface area contributed by atoms with Crippen molar-refractivity contribution in [3.05, 3.63) is 29.8 Å². The van der Waals surface area contributed by atoms with Gasteiger partial charge in [-0.05, 0) is 38.0 Å². The molecular formula is C21H28F2N2O5. The summed E-state index contributed by atoms with van der Waals surface area (Å²) in [6.45, 7) is 3.58. The first kappa shape index (κ1) is 22.3. The van der Waals surface area contributed by atoms with Crippen molar-refractivity contribution < 1.29 is 33.0 Å². The summed E-state index contributed by atoms with van der Waals surface area (Å²) >= 11 is 0. The number of fused-ring (bicyclic) bond motifs is 1. The number of rotatable bonds is 6. The fraction of sp³-hybridized carbons (Fsp3) is 0.619. The normalized spacial score (nSPS) is 23.7. The molecule has 9 heteroatoms. The Bertz CT molecular complexity index is 784. The first-order valence-electron chi connectivity index (χ1n) is 9.93. The van der Waals surface area contributed by atoms with Crippen molar-refractivity contribution in [2.24, 2.45) is 11.3 Å². The zero-order valence-electron chi connectivity index (χ0n) is 17.4. The number of nitrogens with zero attached hydrogens (tertiary/aromatic N) is 2. The van der Waals surface area contributed by atoms with Crippen LogP contribution in [-0.2, 0) is 16.1 Å². The van der Waals surface area contributed by atoms with E-state index in [0.717, 1.165) is 10.5 Å². The number of ether oxygens (including phenoxy) is 2. The van der Waals surface area contributed by atoms with Gasteiger partial charge >= 0.3 is 12.1 Å². The number of carbonyl (C=O) groups is 2. The fourth-order valence-corrected chi connectivity index (χ4v) is 4.30. The molecule has 0 spiro atoms. The molecule has 2 heterocycles. The van der Waals surface area contributed by atoms with Crippen LogP contribution in [0.15, 0.2) is 24.3 Å². The van der Waals surface area contributed by atoms with E-state index in [-0.39, 0.29) is 19.7 Å². The summed E-state index contributed by atoms with van der Waals surface area (Å²) in [6, 6.07) is 6.49. The second kappa shape index (κ2) is 8.37. The number of alkyl halides is 2. The van der Waals surface area contributed by atoms with Crippen molar-refractivity contribution in [3.8, 4) is 5.75 Å². The highest BCUT2D eigenvalue weighted by molar-refractivity contribution is 5.76. The van der Waals surface area contributed by atoms with E-state index in [1.54, 1.807) is 45.2 Å². The number of carboxylic acid groups (broad SMARTS) is 1. The van der Waals surface area contributed by atoms with Crippen molar-refractivity contribution >= 4 is 12.1 Å². The van der Waals surface area contributed by atoms with E-state index in [2.05, 4.69) is 0 Å². The quantitative estimate of drug-likeness (QED) is 0.705. The van der Waals surface area contributed by atoms with Crippen LogP contribution in [0.25, 0.3) is 0 Å². The average molecular weight is 426 g/mol. The van der Waals surface area contributed by atoms with Crippen LogP contribution in [0.4, 0.5) is 13.6 Å². The summed E-state index contributed by atoms with van der Waals surface area (Å²) in [5.41, 5.74) is -0.0696. The number of likely N-dealkylation sites (tertiary alicyclic amines) is 2. The number of benzene rings is 1. The molecule has 0 aliphatic carbocycles. The van der Waals surface area contributed by atoms with Crippen molar-refractivity contribution in [1.29, 1.82) is 0 Å². The fourth-order valence-electron chi connectivity index (χ4n) is 4.30. The number of piperidine rings is 1. The zero-order chi connectivity index (χ0) is 22.1. The minimum Gasteiger partial charge on any atom is -0.497 e. The van der Waals surface area contributed by atoms with Crippen LogP contribution in [0.1, 0.15) is 25.8 Å². The third-order valence-electron chi connectivity index (χ3n) is 5.93. The molecule has 2 unspecified atom stereocenters. The van der Waals surface area contributed by atoms with E-state index in [1.807, 2.05) is 4.90 Å². The number of carbonyl (C=O) groups excluding carboxylic acids is 1. The number of amides is 1. The van der Waals surface area contributed by atoms with Crippen molar-refractivity contribution in [2.45, 2.75) is 38.8 Å². The molecule has 1 aromatic carbocycles. The highest BCUT2D eigenvalue weighted by Crippen LogP contribution is 2.42. The van der Waals surface area contributed by atoms with Gasteiger partial charge in [-0.1, -0.05) is 12.1 Å². The van der Waals surface area contributed by atoms with Gasteiger partial charge in [0.2, 0.25) is 0 Å². The van der Waals surface area contributed by atoms with Crippen LogP contribution in [0, 0.1) is 11.3 Å². The van der Waals surface area contributed by atoms with E-state index in [4.69, 9.17) is 9.47 Å². The molecule has 2 aliphatic heterocycles. The molecule has 1 N–H and O–H groups in total. The Balaban J connectivity index is 1.57. The molecule has 1 aromatic rings. The van der Waals surface area contributed by atoms with Gasteiger partial charge < -0.3 is 19.5 Å². The smallest absolute Gasteiger partial charge is 0.407 e. The van der Waals surface area contributed by atoms with Crippen molar-refractivity contribution in [3.63, 3.8) is 0 Å². The van der Waals surface area contributed by atoms with Crippen LogP contribution in [-0.4, -0.2) is 72.2 Å². The average Bonchev–Trinajstić information content (AvgIpc) is 2.97. The molecule has 0 saturated carbocycles. The van der Waals surface area contributed by atoms with Gasteiger partial charge in [0.05, 0.1) is 25.0 Å². The summed E-state index contributed by atoms with van der Waals surface area (Å²) in [6.07, 6.45) is -0.984. The van der Waals surface area contributed by atoms with E-state index in [0.29, 0.717) is 18.7 Å². The van der Waals surface area contributed by atoms with E-state index >= 15 is 0 Å². The SMILES string of the molecule is COc1ccc(COC(=O)C(C)(C)CN2CCC3C(C2)C(F)(F)CN3C(=O)O)cc1. The Morgan fingerprint density at radius 1 is 1.27 bits per heavy atom. The number of halogens is 2. The molecule has 0 aromatic heterocycles. The Morgan fingerprint density at radius 2 is 1.93 bits per heavy atom. The Kier molecular flexibility index (Phi) is 6.21. The number of methoxy groups -OCH3 is 1. The van der Waals surface area contributed by atoms with Gasteiger partial charge in [0.25, 0.3) is 5.92 Å². The highest BCUT2D eigenvalue weighted by Gasteiger charge is 2.57. The van der Waals surface area contributed by atoms with Gasteiger partial charge in [0.1, 0.15) is 12.4 Å². The van der Waals surface area contributed by atoms with Crippen LogP contribution in [0.5, 0.6) is 5.75 Å². The van der Waals surface area contributed by atoms with Gasteiger partial charge in [-0.2, -0.15) is 0 Å². The molecule has 1 amide bonds. The molecule has 30 heavy (non-hydrogen) atoms. The third kappa shape index (κ3) is 4.66. The first-order valence-corrected chi connectivity index (χ1v) is 9.93. The summed E-state index contributed by atoms with van der Waals surface area (Å²) in [5.74, 6) is -3.83.